The van der Waals surface area contributed by atoms with E-state index in [-0.39, 0.29) is 23.5 Å². The number of hydroxylamine groups is 1. The number of nitrogens with zero attached hydrogens (tertiary/aromatic N) is 1. The number of amides is 1. The van der Waals surface area contributed by atoms with Crippen LogP contribution in [0.4, 0.5) is 8.78 Å². The summed E-state index contributed by atoms with van der Waals surface area (Å²) in [6.45, 7) is 0.273. The Bertz CT molecular complexity index is 1300. The van der Waals surface area contributed by atoms with Gasteiger partial charge in [-0.1, -0.05) is 30.3 Å². The van der Waals surface area contributed by atoms with Gasteiger partial charge in [0.2, 0.25) is 15.9 Å². The van der Waals surface area contributed by atoms with Crippen LogP contribution in [0.5, 0.6) is 0 Å². The van der Waals surface area contributed by atoms with Crippen molar-refractivity contribution in [3.63, 3.8) is 0 Å². The van der Waals surface area contributed by atoms with Crippen molar-refractivity contribution in [1.82, 2.24) is 9.79 Å². The highest BCUT2D eigenvalue weighted by Crippen LogP contribution is 2.27. The molecule has 0 radical (unpaired) electrons. The van der Waals surface area contributed by atoms with Crippen molar-refractivity contribution in [2.24, 2.45) is 5.73 Å². The Hall–Kier alpha value is -3.60. The summed E-state index contributed by atoms with van der Waals surface area (Å²) in [6.07, 6.45) is 1.37. The summed E-state index contributed by atoms with van der Waals surface area (Å²) in [5.74, 6) is -1.49. The van der Waals surface area contributed by atoms with E-state index < -0.39 is 33.7 Å². The first-order valence-corrected chi connectivity index (χ1v) is 12.2. The zero-order valence-electron chi connectivity index (χ0n) is 18.5. The lowest BCUT2D eigenvalue weighted by atomic mass is 10.0. The van der Waals surface area contributed by atoms with Gasteiger partial charge in [-0.2, -0.15) is 4.31 Å². The van der Waals surface area contributed by atoms with Crippen molar-refractivity contribution >= 4 is 15.9 Å². The molecule has 0 bridgehead atoms. The van der Waals surface area contributed by atoms with Crippen molar-refractivity contribution in [2.45, 2.75) is 17.4 Å². The summed E-state index contributed by atoms with van der Waals surface area (Å²) >= 11 is 0. The Morgan fingerprint density at radius 2 is 1.57 bits per heavy atom. The van der Waals surface area contributed by atoms with Gasteiger partial charge in [-0.15, -0.1) is 0 Å². The zero-order valence-corrected chi connectivity index (χ0v) is 19.3. The molecule has 3 aromatic rings. The fourth-order valence-electron chi connectivity index (χ4n) is 3.66. The second kappa shape index (κ2) is 10.3. The maximum atomic E-state index is 13.4. The van der Waals surface area contributed by atoms with Crippen LogP contribution in [0, 0.1) is 11.6 Å². The molecule has 0 saturated carbocycles. The molecule has 1 heterocycles. The largest absolute Gasteiger partial charge is 0.366 e. The van der Waals surface area contributed by atoms with Crippen LogP contribution in [0.3, 0.4) is 0 Å². The molecule has 0 saturated heterocycles. The van der Waals surface area contributed by atoms with E-state index in [1.807, 2.05) is 0 Å². The first kappa shape index (κ1) is 24.5. The maximum Gasteiger partial charge on any atom is 0.248 e. The number of halogens is 2. The van der Waals surface area contributed by atoms with E-state index in [0.717, 1.165) is 0 Å². The second-order valence-electron chi connectivity index (χ2n) is 7.94. The molecule has 182 valence electrons. The minimum Gasteiger partial charge on any atom is -0.366 e. The predicted molar refractivity (Wildman–Crippen MR) is 125 cm³/mol. The van der Waals surface area contributed by atoms with Crippen molar-refractivity contribution < 1.29 is 26.8 Å². The SMILES string of the molecule is NC(=O)c1cccc(S(=O)(=O)N2CC=C(NOC(c3ccc(F)cc3)c3ccc(F)cc3)CC2)c1. The molecule has 1 aliphatic rings. The lowest BCUT2D eigenvalue weighted by Crippen LogP contribution is -2.37. The molecule has 10 heteroatoms. The third-order valence-electron chi connectivity index (χ3n) is 5.58. The van der Waals surface area contributed by atoms with E-state index in [4.69, 9.17) is 10.6 Å². The van der Waals surface area contributed by atoms with Gasteiger partial charge in [0, 0.05) is 30.8 Å². The molecular weight excluding hydrogens is 476 g/mol. The molecule has 0 unspecified atom stereocenters. The van der Waals surface area contributed by atoms with Crippen LogP contribution in [0.1, 0.15) is 34.0 Å². The summed E-state index contributed by atoms with van der Waals surface area (Å²) < 4.78 is 54.1. The van der Waals surface area contributed by atoms with Crippen molar-refractivity contribution in [3.05, 3.63) is 113 Å². The molecule has 1 aliphatic heterocycles. The third-order valence-corrected chi connectivity index (χ3v) is 7.44. The summed E-state index contributed by atoms with van der Waals surface area (Å²) in [7, 11) is -3.83. The van der Waals surface area contributed by atoms with Crippen molar-refractivity contribution in [3.8, 4) is 0 Å². The quantitative estimate of drug-likeness (QED) is 0.461. The van der Waals surface area contributed by atoms with Gasteiger partial charge in [-0.05, 0) is 59.7 Å². The number of primary amides is 1. The topological polar surface area (TPSA) is 102 Å². The molecule has 1 amide bonds. The first-order chi connectivity index (χ1) is 16.7. The molecule has 0 aromatic heterocycles. The van der Waals surface area contributed by atoms with Crippen LogP contribution >= 0.6 is 0 Å². The molecule has 0 aliphatic carbocycles. The number of sulfonamides is 1. The Morgan fingerprint density at radius 1 is 0.971 bits per heavy atom. The van der Waals surface area contributed by atoms with E-state index in [9.17, 15) is 22.0 Å². The summed E-state index contributed by atoms with van der Waals surface area (Å²) in [6, 6.07) is 17.2. The number of benzene rings is 3. The van der Waals surface area contributed by atoms with Gasteiger partial charge in [0.05, 0.1) is 4.90 Å². The molecular formula is C25H23F2N3O4S. The van der Waals surface area contributed by atoms with Crippen LogP contribution in [0.25, 0.3) is 0 Å². The Morgan fingerprint density at radius 3 is 2.09 bits per heavy atom. The molecule has 3 aromatic carbocycles. The molecule has 35 heavy (non-hydrogen) atoms. The van der Waals surface area contributed by atoms with Gasteiger partial charge in [-0.25, -0.2) is 17.2 Å². The number of nitrogens with one attached hydrogen (secondary N) is 1. The predicted octanol–water partition coefficient (Wildman–Crippen LogP) is 3.65. The number of nitrogens with two attached hydrogens (primary N) is 1. The summed E-state index contributed by atoms with van der Waals surface area (Å²) in [5, 5.41) is 0. The smallest absolute Gasteiger partial charge is 0.248 e. The van der Waals surface area contributed by atoms with E-state index in [0.29, 0.717) is 23.2 Å². The van der Waals surface area contributed by atoms with Gasteiger partial charge in [0.15, 0.2) is 0 Å². The standard InChI is InChI=1S/C25H23F2N3O4S/c26-20-8-4-17(5-9-20)24(18-6-10-21(27)11-7-18)34-29-22-12-14-30(15-13-22)35(32,33)23-3-1-2-19(16-23)25(28)31/h1-12,16,24,29H,13-15H2,(H2,28,31). The lowest BCUT2D eigenvalue weighted by Gasteiger charge is -2.27. The average molecular weight is 500 g/mol. The zero-order chi connectivity index (χ0) is 25.0. The first-order valence-electron chi connectivity index (χ1n) is 10.8. The van der Waals surface area contributed by atoms with Crippen molar-refractivity contribution in [2.75, 3.05) is 13.1 Å². The van der Waals surface area contributed by atoms with Gasteiger partial charge in [0.1, 0.15) is 17.7 Å². The van der Waals surface area contributed by atoms with Crippen LogP contribution < -0.4 is 11.2 Å². The maximum absolute atomic E-state index is 13.4. The van der Waals surface area contributed by atoms with Crippen LogP contribution in [-0.4, -0.2) is 31.7 Å². The highest BCUT2D eigenvalue weighted by Gasteiger charge is 2.27. The van der Waals surface area contributed by atoms with Gasteiger partial charge >= 0.3 is 0 Å². The molecule has 3 N–H and O–H groups in total. The Labute approximate surface area is 201 Å². The van der Waals surface area contributed by atoms with E-state index in [2.05, 4.69) is 5.48 Å². The molecule has 0 fully saturated rings. The van der Waals surface area contributed by atoms with Gasteiger partial charge in [-0.3, -0.25) is 15.1 Å². The number of hydrogen-bond donors (Lipinski definition) is 2. The Kier molecular flexibility index (Phi) is 7.25. The lowest BCUT2D eigenvalue weighted by molar-refractivity contribution is 0.0109. The number of rotatable bonds is 8. The summed E-state index contributed by atoms with van der Waals surface area (Å²) in [5.41, 5.74) is 10.2. The monoisotopic (exact) mass is 499 g/mol. The van der Waals surface area contributed by atoms with Gasteiger partial charge in [0.25, 0.3) is 0 Å². The fraction of sp³-hybridized carbons (Fsp3) is 0.160. The molecule has 4 rings (SSSR count). The molecule has 0 spiro atoms. The minimum atomic E-state index is -3.83. The fourth-order valence-corrected chi connectivity index (χ4v) is 5.09. The summed E-state index contributed by atoms with van der Waals surface area (Å²) in [4.78, 5) is 17.3. The minimum absolute atomic E-state index is 0.0115. The highest BCUT2D eigenvalue weighted by atomic mass is 32.2. The highest BCUT2D eigenvalue weighted by molar-refractivity contribution is 7.89. The average Bonchev–Trinajstić information content (AvgIpc) is 2.86. The van der Waals surface area contributed by atoms with E-state index >= 15 is 0 Å². The normalized spacial score (nSPS) is 14.5. The van der Waals surface area contributed by atoms with Crippen molar-refractivity contribution in [1.29, 1.82) is 0 Å². The number of carbonyl (C=O) groups is 1. The third kappa shape index (κ3) is 5.73. The van der Waals surface area contributed by atoms with Gasteiger partial charge < -0.3 is 5.73 Å². The van der Waals surface area contributed by atoms with Crippen LogP contribution in [0.15, 0.2) is 89.5 Å². The number of carbonyl (C=O) groups excluding carboxylic acids is 1. The van der Waals surface area contributed by atoms with Crippen LogP contribution in [-0.2, 0) is 14.9 Å². The molecule has 7 nitrogen and oxygen atoms in total. The van der Waals surface area contributed by atoms with E-state index in [1.54, 1.807) is 30.3 Å². The van der Waals surface area contributed by atoms with Crippen LogP contribution in [0.2, 0.25) is 0 Å². The second-order valence-corrected chi connectivity index (χ2v) is 9.88. The Balaban J connectivity index is 1.47. The molecule has 0 atom stereocenters. The van der Waals surface area contributed by atoms with E-state index in [1.165, 1.54) is 52.8 Å². The number of hydrogen-bond acceptors (Lipinski definition) is 5.